The van der Waals surface area contributed by atoms with Crippen LogP contribution in [0.3, 0.4) is 0 Å². The van der Waals surface area contributed by atoms with Gasteiger partial charge in [0.25, 0.3) is 0 Å². The van der Waals surface area contributed by atoms with Gasteiger partial charge in [0, 0.05) is 31.0 Å². The number of amides is 2. The summed E-state index contributed by atoms with van der Waals surface area (Å²) in [5, 5.41) is 0. The van der Waals surface area contributed by atoms with Crippen molar-refractivity contribution >= 4 is 17.4 Å². The minimum atomic E-state index is 0.134. The number of urea groups is 1. The van der Waals surface area contributed by atoms with Gasteiger partial charge in [0.05, 0.1) is 0 Å². The normalized spacial score (nSPS) is 16.6. The number of hydrogen-bond donors (Lipinski definition) is 1. The van der Waals surface area contributed by atoms with Gasteiger partial charge < -0.3 is 10.6 Å². The fourth-order valence-electron chi connectivity index (χ4n) is 2.87. The summed E-state index contributed by atoms with van der Waals surface area (Å²) in [6.07, 6.45) is 4.84. The van der Waals surface area contributed by atoms with Crippen LogP contribution in [-0.4, -0.2) is 30.6 Å². The van der Waals surface area contributed by atoms with Gasteiger partial charge in [-0.25, -0.2) is 4.79 Å². The highest BCUT2D eigenvalue weighted by molar-refractivity contribution is 5.94. The molecule has 116 valence electrons. The third-order valence-electron chi connectivity index (χ3n) is 4.32. The number of nitrogens with two attached hydrogens (primary N) is 1. The van der Waals surface area contributed by atoms with Gasteiger partial charge in [-0.2, -0.15) is 0 Å². The van der Waals surface area contributed by atoms with E-state index in [0.29, 0.717) is 5.92 Å². The predicted octanol–water partition coefficient (Wildman–Crippen LogP) is 3.73. The summed E-state index contributed by atoms with van der Waals surface area (Å²) in [4.78, 5) is 16.4. The van der Waals surface area contributed by atoms with Crippen molar-refractivity contribution in [2.75, 3.05) is 30.3 Å². The molecule has 0 aromatic heterocycles. The third-order valence-corrected chi connectivity index (χ3v) is 4.32. The average molecular weight is 289 g/mol. The molecule has 0 saturated carbocycles. The molecular weight excluding hydrogens is 262 g/mol. The molecule has 0 aliphatic carbocycles. The van der Waals surface area contributed by atoms with Crippen LogP contribution in [0.4, 0.5) is 16.2 Å². The molecule has 1 aromatic carbocycles. The molecule has 1 aliphatic heterocycles. The van der Waals surface area contributed by atoms with E-state index < -0.39 is 0 Å². The van der Waals surface area contributed by atoms with E-state index in [2.05, 4.69) is 13.8 Å². The Labute approximate surface area is 127 Å². The van der Waals surface area contributed by atoms with Crippen LogP contribution in [0.1, 0.15) is 39.5 Å². The first-order valence-electron chi connectivity index (χ1n) is 8.07. The van der Waals surface area contributed by atoms with Gasteiger partial charge in [0.15, 0.2) is 0 Å². The van der Waals surface area contributed by atoms with Gasteiger partial charge >= 0.3 is 6.03 Å². The first-order chi connectivity index (χ1) is 10.2. The number of nitrogen functional groups attached to an aromatic ring is 1. The molecule has 1 aromatic rings. The van der Waals surface area contributed by atoms with E-state index >= 15 is 0 Å². The lowest BCUT2D eigenvalue weighted by atomic mass is 9.99. The minimum absolute atomic E-state index is 0.134. The van der Waals surface area contributed by atoms with Crippen molar-refractivity contribution < 1.29 is 4.79 Å². The molecular formula is C17H27N3O. The number of carbonyl (C=O) groups is 1. The van der Waals surface area contributed by atoms with Crippen molar-refractivity contribution in [2.24, 2.45) is 5.92 Å². The summed E-state index contributed by atoms with van der Waals surface area (Å²) in [6, 6.07) is 7.67. The van der Waals surface area contributed by atoms with Crippen molar-refractivity contribution in [1.82, 2.24) is 4.90 Å². The van der Waals surface area contributed by atoms with Gasteiger partial charge in [-0.1, -0.05) is 33.1 Å². The molecule has 2 N–H and O–H groups in total. The molecule has 1 unspecified atom stereocenters. The lowest BCUT2D eigenvalue weighted by molar-refractivity contribution is 0.208. The SMILES string of the molecule is CCCCC(CC)CN1CCN(c2ccc(N)cc2)C1=O. The second-order valence-corrected chi connectivity index (χ2v) is 5.89. The first-order valence-corrected chi connectivity index (χ1v) is 8.07. The van der Waals surface area contributed by atoms with Gasteiger partial charge in [-0.05, 0) is 36.6 Å². The van der Waals surface area contributed by atoms with Crippen LogP contribution in [0.2, 0.25) is 0 Å². The second-order valence-electron chi connectivity index (χ2n) is 5.89. The minimum Gasteiger partial charge on any atom is -0.399 e. The van der Waals surface area contributed by atoms with Crippen LogP contribution in [0.25, 0.3) is 0 Å². The van der Waals surface area contributed by atoms with Crippen LogP contribution < -0.4 is 10.6 Å². The highest BCUT2D eigenvalue weighted by Gasteiger charge is 2.30. The molecule has 21 heavy (non-hydrogen) atoms. The molecule has 1 fully saturated rings. The molecule has 2 amide bonds. The Morgan fingerprint density at radius 3 is 2.52 bits per heavy atom. The van der Waals surface area contributed by atoms with Crippen LogP contribution in [0, 0.1) is 5.92 Å². The Kier molecular flexibility index (Phi) is 5.48. The van der Waals surface area contributed by atoms with Gasteiger partial charge in [-0.3, -0.25) is 4.90 Å². The average Bonchev–Trinajstić information content (AvgIpc) is 2.85. The lowest BCUT2D eigenvalue weighted by Gasteiger charge is -2.23. The Morgan fingerprint density at radius 2 is 1.90 bits per heavy atom. The second kappa shape index (κ2) is 7.34. The van der Waals surface area contributed by atoms with E-state index in [1.807, 2.05) is 34.1 Å². The van der Waals surface area contributed by atoms with Crippen molar-refractivity contribution in [2.45, 2.75) is 39.5 Å². The van der Waals surface area contributed by atoms with Crippen LogP contribution in [-0.2, 0) is 0 Å². The van der Waals surface area contributed by atoms with Crippen molar-refractivity contribution in [1.29, 1.82) is 0 Å². The van der Waals surface area contributed by atoms with Crippen LogP contribution in [0.15, 0.2) is 24.3 Å². The van der Waals surface area contributed by atoms with Gasteiger partial charge in [0.1, 0.15) is 0 Å². The van der Waals surface area contributed by atoms with E-state index in [-0.39, 0.29) is 6.03 Å². The summed E-state index contributed by atoms with van der Waals surface area (Å²) >= 11 is 0. The van der Waals surface area contributed by atoms with Crippen molar-refractivity contribution in [3.63, 3.8) is 0 Å². The maximum absolute atomic E-state index is 12.5. The van der Waals surface area contributed by atoms with E-state index in [0.717, 1.165) is 37.4 Å². The molecule has 0 spiro atoms. The van der Waals surface area contributed by atoms with E-state index in [1.165, 1.54) is 19.3 Å². The molecule has 1 atom stereocenters. The smallest absolute Gasteiger partial charge is 0.324 e. The number of nitrogens with zero attached hydrogens (tertiary/aromatic N) is 2. The van der Waals surface area contributed by atoms with Gasteiger partial charge in [0.2, 0.25) is 0 Å². The number of anilines is 2. The van der Waals surface area contributed by atoms with Crippen LogP contribution in [0.5, 0.6) is 0 Å². The highest BCUT2D eigenvalue weighted by atomic mass is 16.2. The van der Waals surface area contributed by atoms with Crippen molar-refractivity contribution in [3.05, 3.63) is 24.3 Å². The Hall–Kier alpha value is -1.71. The Bertz CT molecular complexity index is 458. The third kappa shape index (κ3) is 3.90. The summed E-state index contributed by atoms with van der Waals surface area (Å²) in [7, 11) is 0. The van der Waals surface area contributed by atoms with E-state index in [4.69, 9.17) is 5.73 Å². The number of hydrogen-bond acceptors (Lipinski definition) is 2. The summed E-state index contributed by atoms with van der Waals surface area (Å²) in [5.41, 5.74) is 7.38. The fraction of sp³-hybridized carbons (Fsp3) is 0.588. The molecule has 2 rings (SSSR count). The summed E-state index contributed by atoms with van der Waals surface area (Å²) in [5.74, 6) is 0.625. The van der Waals surface area contributed by atoms with Crippen LogP contribution >= 0.6 is 0 Å². The molecule has 4 nitrogen and oxygen atoms in total. The zero-order chi connectivity index (χ0) is 15.2. The van der Waals surface area contributed by atoms with E-state index in [1.54, 1.807) is 0 Å². The van der Waals surface area contributed by atoms with E-state index in [9.17, 15) is 4.79 Å². The van der Waals surface area contributed by atoms with Gasteiger partial charge in [-0.15, -0.1) is 0 Å². The maximum atomic E-state index is 12.5. The fourth-order valence-corrected chi connectivity index (χ4v) is 2.87. The monoisotopic (exact) mass is 289 g/mol. The number of rotatable bonds is 7. The molecule has 0 bridgehead atoms. The number of unbranched alkanes of at least 4 members (excludes halogenated alkanes) is 1. The topological polar surface area (TPSA) is 49.6 Å². The molecule has 1 aliphatic rings. The number of benzene rings is 1. The quantitative estimate of drug-likeness (QED) is 0.778. The molecule has 1 saturated heterocycles. The maximum Gasteiger partial charge on any atom is 0.324 e. The zero-order valence-corrected chi connectivity index (χ0v) is 13.2. The summed E-state index contributed by atoms with van der Waals surface area (Å²) < 4.78 is 0. The predicted molar refractivity (Wildman–Crippen MR) is 88.5 cm³/mol. The Balaban J connectivity index is 1.96. The molecule has 1 heterocycles. The largest absolute Gasteiger partial charge is 0.399 e. The first kappa shape index (κ1) is 15.7. The standard InChI is InChI=1S/C17H27N3O/c1-3-5-6-14(4-2)13-19-11-12-20(17(19)21)16-9-7-15(18)8-10-16/h7-10,14H,3-6,11-13,18H2,1-2H3. The lowest BCUT2D eigenvalue weighted by Crippen LogP contribution is -2.35. The Morgan fingerprint density at radius 1 is 1.19 bits per heavy atom. The molecule has 0 radical (unpaired) electrons. The zero-order valence-electron chi connectivity index (χ0n) is 13.2. The molecule has 4 heteroatoms. The number of carbonyl (C=O) groups excluding carboxylic acids is 1. The highest BCUT2D eigenvalue weighted by Crippen LogP contribution is 2.23. The summed E-state index contributed by atoms with van der Waals surface area (Å²) in [6.45, 7) is 6.93. The van der Waals surface area contributed by atoms with Crippen molar-refractivity contribution in [3.8, 4) is 0 Å².